The van der Waals surface area contributed by atoms with Crippen molar-refractivity contribution in [2.75, 3.05) is 6.61 Å². The van der Waals surface area contributed by atoms with Crippen LogP contribution < -0.4 is 5.56 Å². The molecule has 1 N–H and O–H groups in total. The quantitative estimate of drug-likeness (QED) is 0.742. The van der Waals surface area contributed by atoms with Crippen LogP contribution in [-0.2, 0) is 4.74 Å². The number of fused-ring (bicyclic) bond motifs is 1. The van der Waals surface area contributed by atoms with E-state index in [4.69, 9.17) is 4.74 Å². The van der Waals surface area contributed by atoms with Gasteiger partial charge in [0.25, 0.3) is 5.56 Å². The number of nitrogens with zero attached hydrogens (tertiary/aromatic N) is 2. The number of H-pyrrole nitrogens is 1. The Morgan fingerprint density at radius 2 is 2.08 bits per heavy atom. The molecule has 3 aromatic rings. The van der Waals surface area contributed by atoms with Crippen LogP contribution in [0.4, 0.5) is 0 Å². The Morgan fingerprint density at radius 3 is 2.72 bits per heavy atom. The fourth-order valence-corrected chi connectivity index (χ4v) is 3.17. The highest BCUT2D eigenvalue weighted by Gasteiger charge is 2.20. The number of aromatic nitrogens is 3. The number of carbonyl (C=O) groups excluding carboxylic acids is 1. The van der Waals surface area contributed by atoms with Crippen molar-refractivity contribution in [1.82, 2.24) is 14.6 Å². The first kappa shape index (κ1) is 15.6. The molecule has 1 saturated carbocycles. The van der Waals surface area contributed by atoms with Gasteiger partial charge in [-0.3, -0.25) is 4.79 Å². The lowest BCUT2D eigenvalue weighted by Crippen LogP contribution is -2.15. The van der Waals surface area contributed by atoms with Gasteiger partial charge in [0.05, 0.1) is 18.5 Å². The third-order valence-electron chi connectivity index (χ3n) is 4.79. The second-order valence-corrected chi connectivity index (χ2v) is 6.31. The van der Waals surface area contributed by atoms with Gasteiger partial charge in [-0.25, -0.2) is 4.79 Å². The van der Waals surface area contributed by atoms with Gasteiger partial charge >= 0.3 is 5.97 Å². The predicted molar refractivity (Wildman–Crippen MR) is 93.8 cm³/mol. The van der Waals surface area contributed by atoms with Crippen LogP contribution in [0.5, 0.6) is 0 Å². The number of hydrogen-bond acceptors (Lipinski definition) is 4. The van der Waals surface area contributed by atoms with Crippen molar-refractivity contribution < 1.29 is 9.53 Å². The van der Waals surface area contributed by atoms with E-state index in [1.54, 1.807) is 6.92 Å². The molecule has 1 fully saturated rings. The first-order valence-corrected chi connectivity index (χ1v) is 8.56. The van der Waals surface area contributed by atoms with Gasteiger partial charge in [0.1, 0.15) is 5.56 Å². The number of benzene rings is 1. The third kappa shape index (κ3) is 2.73. The average molecular weight is 337 g/mol. The van der Waals surface area contributed by atoms with E-state index in [1.165, 1.54) is 41.6 Å². The van der Waals surface area contributed by atoms with Crippen LogP contribution in [0.25, 0.3) is 16.9 Å². The number of nitrogens with one attached hydrogen (secondary N) is 1. The van der Waals surface area contributed by atoms with Crippen molar-refractivity contribution in [3.05, 3.63) is 58.0 Å². The third-order valence-corrected chi connectivity index (χ3v) is 4.79. The smallest absolute Gasteiger partial charge is 0.343 e. The van der Waals surface area contributed by atoms with Crippen molar-refractivity contribution in [2.45, 2.75) is 32.1 Å². The van der Waals surface area contributed by atoms with E-state index in [0.717, 1.165) is 5.56 Å². The molecule has 0 atom stereocenters. The lowest BCUT2D eigenvalue weighted by molar-refractivity contribution is 0.0528. The molecule has 2 aromatic heterocycles. The van der Waals surface area contributed by atoms with Crippen molar-refractivity contribution in [2.24, 2.45) is 0 Å². The Kier molecular flexibility index (Phi) is 3.87. The number of carbonyl (C=O) groups is 1. The zero-order valence-corrected chi connectivity index (χ0v) is 14.0. The van der Waals surface area contributed by atoms with Gasteiger partial charge in [-0.2, -0.15) is 9.61 Å². The molecule has 0 amide bonds. The normalized spacial score (nSPS) is 14.4. The summed E-state index contributed by atoms with van der Waals surface area (Å²) in [4.78, 5) is 27.5. The minimum Gasteiger partial charge on any atom is -0.462 e. The molecule has 0 spiro atoms. The highest BCUT2D eigenvalue weighted by molar-refractivity contribution is 5.95. The maximum absolute atomic E-state index is 12.3. The first-order valence-electron chi connectivity index (χ1n) is 8.56. The molecule has 0 unspecified atom stereocenters. The first-order chi connectivity index (χ1) is 12.2. The summed E-state index contributed by atoms with van der Waals surface area (Å²) in [5.74, 6) is 0.173. The van der Waals surface area contributed by atoms with Crippen LogP contribution in [0, 0.1) is 0 Å². The molecular formula is C19H19N3O3. The summed E-state index contributed by atoms with van der Waals surface area (Å²) in [5.41, 5.74) is 3.22. The average Bonchev–Trinajstić information content (AvgIpc) is 2.99. The fraction of sp³-hybridized carbons (Fsp3) is 0.316. The van der Waals surface area contributed by atoms with Gasteiger partial charge in [-0.15, -0.1) is 0 Å². The van der Waals surface area contributed by atoms with Gasteiger partial charge in [-0.1, -0.05) is 30.7 Å². The van der Waals surface area contributed by atoms with E-state index < -0.39 is 5.97 Å². The maximum atomic E-state index is 12.3. The number of rotatable bonds is 4. The summed E-state index contributed by atoms with van der Waals surface area (Å²) in [6, 6.07) is 9.74. The highest BCUT2D eigenvalue weighted by atomic mass is 16.5. The number of hydrogen-bond donors (Lipinski definition) is 1. The van der Waals surface area contributed by atoms with Crippen LogP contribution >= 0.6 is 0 Å². The van der Waals surface area contributed by atoms with Crippen LogP contribution in [0.1, 0.15) is 48.0 Å². The van der Waals surface area contributed by atoms with E-state index in [9.17, 15) is 9.59 Å². The maximum Gasteiger partial charge on any atom is 0.343 e. The van der Waals surface area contributed by atoms with Gasteiger partial charge in [0.15, 0.2) is 5.65 Å². The Bertz CT molecular complexity index is 981. The Balaban J connectivity index is 1.75. The summed E-state index contributed by atoms with van der Waals surface area (Å²) in [7, 11) is 0. The largest absolute Gasteiger partial charge is 0.462 e. The molecular weight excluding hydrogens is 318 g/mol. The summed E-state index contributed by atoms with van der Waals surface area (Å²) < 4.78 is 6.21. The van der Waals surface area contributed by atoms with Gasteiger partial charge in [0.2, 0.25) is 0 Å². The van der Waals surface area contributed by atoms with Gasteiger partial charge < -0.3 is 9.72 Å². The van der Waals surface area contributed by atoms with Crippen LogP contribution in [0.15, 0.2) is 41.3 Å². The minimum atomic E-state index is -0.495. The Morgan fingerprint density at radius 1 is 1.32 bits per heavy atom. The fourth-order valence-electron chi connectivity index (χ4n) is 3.17. The van der Waals surface area contributed by atoms with Crippen LogP contribution in [-0.4, -0.2) is 27.2 Å². The SMILES string of the molecule is CCOC(=O)c1cnn2c(=O)cc(-c3ccc(C4CCC4)cc3)[nH]c12. The second kappa shape index (κ2) is 6.20. The molecule has 1 aliphatic carbocycles. The van der Waals surface area contributed by atoms with Crippen LogP contribution in [0.3, 0.4) is 0 Å². The van der Waals surface area contributed by atoms with Crippen molar-refractivity contribution in [1.29, 1.82) is 0 Å². The van der Waals surface area contributed by atoms with E-state index in [0.29, 0.717) is 17.3 Å². The Labute approximate surface area is 144 Å². The topological polar surface area (TPSA) is 76.5 Å². The lowest BCUT2D eigenvalue weighted by Gasteiger charge is -2.25. The molecule has 6 nitrogen and oxygen atoms in total. The molecule has 6 heteroatoms. The van der Waals surface area contributed by atoms with Crippen molar-refractivity contribution in [3.63, 3.8) is 0 Å². The standard InChI is InChI=1S/C19H19N3O3/c1-2-25-19(24)15-11-20-22-17(23)10-16(21-18(15)22)14-8-6-13(7-9-14)12-4-3-5-12/h6-12,21H,2-5H2,1H3. The van der Waals surface area contributed by atoms with E-state index >= 15 is 0 Å². The number of esters is 1. The molecule has 25 heavy (non-hydrogen) atoms. The zero-order valence-electron chi connectivity index (χ0n) is 14.0. The van der Waals surface area contributed by atoms with E-state index in [1.807, 2.05) is 12.1 Å². The van der Waals surface area contributed by atoms with E-state index in [2.05, 4.69) is 22.2 Å². The molecule has 0 bridgehead atoms. The molecule has 1 aromatic carbocycles. The molecule has 0 aliphatic heterocycles. The predicted octanol–water partition coefficient (Wildman–Crippen LogP) is 3.13. The summed E-state index contributed by atoms with van der Waals surface area (Å²) >= 11 is 0. The molecule has 0 radical (unpaired) electrons. The second-order valence-electron chi connectivity index (χ2n) is 6.31. The highest BCUT2D eigenvalue weighted by Crippen LogP contribution is 2.36. The number of aromatic amines is 1. The molecule has 1 aliphatic rings. The molecule has 128 valence electrons. The monoisotopic (exact) mass is 337 g/mol. The van der Waals surface area contributed by atoms with E-state index in [-0.39, 0.29) is 17.7 Å². The molecule has 2 heterocycles. The number of ether oxygens (including phenoxy) is 1. The summed E-state index contributed by atoms with van der Waals surface area (Å²) in [5, 5.41) is 3.98. The van der Waals surface area contributed by atoms with Crippen LogP contribution in [0.2, 0.25) is 0 Å². The minimum absolute atomic E-state index is 0.256. The van der Waals surface area contributed by atoms with Gasteiger partial charge in [0, 0.05) is 6.07 Å². The lowest BCUT2D eigenvalue weighted by atomic mass is 9.80. The van der Waals surface area contributed by atoms with Gasteiger partial charge in [-0.05, 0) is 36.8 Å². The Hall–Kier alpha value is -2.89. The summed E-state index contributed by atoms with van der Waals surface area (Å²) in [6.07, 6.45) is 5.16. The van der Waals surface area contributed by atoms with Crippen molar-refractivity contribution in [3.8, 4) is 11.3 Å². The molecule has 4 rings (SSSR count). The summed E-state index contributed by atoms with van der Waals surface area (Å²) in [6.45, 7) is 2.00. The molecule has 0 saturated heterocycles. The van der Waals surface area contributed by atoms with Crippen molar-refractivity contribution >= 4 is 11.6 Å². The zero-order chi connectivity index (χ0) is 17.4.